The van der Waals surface area contributed by atoms with Crippen molar-refractivity contribution < 1.29 is 19.1 Å². The van der Waals surface area contributed by atoms with E-state index in [1.807, 2.05) is 0 Å². The second-order valence-electron chi connectivity index (χ2n) is 3.37. The van der Waals surface area contributed by atoms with Crippen LogP contribution in [-0.4, -0.2) is 26.5 Å². The van der Waals surface area contributed by atoms with Crippen molar-refractivity contribution in [3.05, 3.63) is 29.3 Å². The van der Waals surface area contributed by atoms with Crippen LogP contribution in [0, 0.1) is 0 Å². The minimum atomic E-state index is -0.429. The number of carbonyl (C=O) groups is 2. The first kappa shape index (κ1) is 12.2. The van der Waals surface area contributed by atoms with Crippen molar-refractivity contribution >= 4 is 12.3 Å². The smallest absolute Gasteiger partial charge is 0.337 e. The van der Waals surface area contributed by atoms with E-state index in [1.165, 1.54) is 14.2 Å². The van der Waals surface area contributed by atoms with Crippen LogP contribution in [0.15, 0.2) is 18.2 Å². The van der Waals surface area contributed by atoms with E-state index in [9.17, 15) is 9.59 Å². The Morgan fingerprint density at radius 3 is 2.56 bits per heavy atom. The third kappa shape index (κ3) is 2.39. The summed E-state index contributed by atoms with van der Waals surface area (Å²) in [7, 11) is 2.84. The van der Waals surface area contributed by atoms with Crippen LogP contribution in [0.2, 0.25) is 0 Å². The Bertz CT molecular complexity index is 398. The maximum absolute atomic E-state index is 11.3. The molecule has 0 radical (unpaired) electrons. The highest BCUT2D eigenvalue weighted by molar-refractivity contribution is 5.90. The molecule has 0 bridgehead atoms. The molecule has 0 aromatic heterocycles. The molecule has 0 aliphatic carbocycles. The van der Waals surface area contributed by atoms with E-state index in [2.05, 4.69) is 4.74 Å². The van der Waals surface area contributed by atoms with Crippen molar-refractivity contribution in [3.63, 3.8) is 0 Å². The van der Waals surface area contributed by atoms with Gasteiger partial charge in [0.1, 0.15) is 12.0 Å². The van der Waals surface area contributed by atoms with Gasteiger partial charge in [-0.3, -0.25) is 0 Å². The quantitative estimate of drug-likeness (QED) is 0.575. The van der Waals surface area contributed by atoms with E-state index in [-0.39, 0.29) is 5.92 Å². The van der Waals surface area contributed by atoms with Gasteiger partial charge in [-0.15, -0.1) is 0 Å². The van der Waals surface area contributed by atoms with Crippen LogP contribution in [0.4, 0.5) is 0 Å². The van der Waals surface area contributed by atoms with E-state index in [0.29, 0.717) is 16.9 Å². The monoisotopic (exact) mass is 222 g/mol. The SMILES string of the molecule is COC(=O)c1ccc(OC)c(C(C)C=O)c1. The van der Waals surface area contributed by atoms with Crippen LogP contribution in [0.3, 0.4) is 0 Å². The molecule has 4 heteroatoms. The first-order valence-electron chi connectivity index (χ1n) is 4.85. The molecular formula is C12H14O4. The van der Waals surface area contributed by atoms with Gasteiger partial charge in [0.2, 0.25) is 0 Å². The number of esters is 1. The summed E-state index contributed by atoms with van der Waals surface area (Å²) in [5.41, 5.74) is 1.09. The van der Waals surface area contributed by atoms with Crippen molar-refractivity contribution in [1.82, 2.24) is 0 Å². The number of methoxy groups -OCH3 is 2. The molecule has 1 aromatic rings. The molecule has 0 saturated heterocycles. The van der Waals surface area contributed by atoms with Crippen molar-refractivity contribution in [1.29, 1.82) is 0 Å². The van der Waals surface area contributed by atoms with Crippen LogP contribution in [0.25, 0.3) is 0 Å². The van der Waals surface area contributed by atoms with Gasteiger partial charge >= 0.3 is 5.97 Å². The van der Waals surface area contributed by atoms with Gasteiger partial charge in [-0.05, 0) is 18.2 Å². The number of benzene rings is 1. The standard InChI is InChI=1S/C12H14O4/c1-8(7-13)10-6-9(12(14)16-3)4-5-11(10)15-2/h4-8H,1-3H3. The van der Waals surface area contributed by atoms with E-state index in [0.717, 1.165) is 6.29 Å². The molecule has 4 nitrogen and oxygen atoms in total. The first-order chi connectivity index (χ1) is 7.63. The molecule has 1 unspecified atom stereocenters. The maximum Gasteiger partial charge on any atom is 0.337 e. The highest BCUT2D eigenvalue weighted by atomic mass is 16.5. The summed E-state index contributed by atoms with van der Waals surface area (Å²) in [5, 5.41) is 0. The topological polar surface area (TPSA) is 52.6 Å². The lowest BCUT2D eigenvalue weighted by atomic mass is 9.99. The normalized spacial score (nSPS) is 11.7. The Labute approximate surface area is 94.2 Å². The van der Waals surface area contributed by atoms with E-state index < -0.39 is 5.97 Å². The summed E-state index contributed by atoms with van der Waals surface area (Å²) in [6.45, 7) is 1.74. The molecule has 1 rings (SSSR count). The number of hydrogen-bond donors (Lipinski definition) is 0. The summed E-state index contributed by atoms with van der Waals surface area (Å²) in [5.74, 6) is -0.159. The van der Waals surface area contributed by atoms with Crippen LogP contribution < -0.4 is 4.74 Å². The van der Waals surface area contributed by atoms with Crippen LogP contribution in [0.5, 0.6) is 5.75 Å². The fraction of sp³-hybridized carbons (Fsp3) is 0.333. The Morgan fingerprint density at radius 2 is 2.06 bits per heavy atom. The molecule has 1 aromatic carbocycles. The van der Waals surface area contributed by atoms with Crippen molar-refractivity contribution in [2.45, 2.75) is 12.8 Å². The molecule has 0 spiro atoms. The summed E-state index contributed by atoms with van der Waals surface area (Å²) < 4.78 is 9.74. The molecule has 0 amide bonds. The molecule has 16 heavy (non-hydrogen) atoms. The second-order valence-corrected chi connectivity index (χ2v) is 3.37. The highest BCUT2D eigenvalue weighted by Gasteiger charge is 2.14. The number of ether oxygens (including phenoxy) is 2. The number of hydrogen-bond acceptors (Lipinski definition) is 4. The zero-order valence-corrected chi connectivity index (χ0v) is 9.52. The fourth-order valence-electron chi connectivity index (χ4n) is 1.41. The summed E-state index contributed by atoms with van der Waals surface area (Å²) in [6.07, 6.45) is 0.804. The Balaban J connectivity index is 3.20. The van der Waals surface area contributed by atoms with Gasteiger partial charge in [-0.25, -0.2) is 4.79 Å². The molecule has 0 aliphatic rings. The second kappa shape index (κ2) is 5.30. The van der Waals surface area contributed by atoms with Gasteiger partial charge in [0.15, 0.2) is 0 Å². The largest absolute Gasteiger partial charge is 0.496 e. The molecule has 86 valence electrons. The summed E-state index contributed by atoms with van der Waals surface area (Å²) in [4.78, 5) is 22.1. The van der Waals surface area contributed by atoms with Crippen LogP contribution >= 0.6 is 0 Å². The van der Waals surface area contributed by atoms with Gasteiger partial charge in [0.25, 0.3) is 0 Å². The number of aldehydes is 1. The van der Waals surface area contributed by atoms with E-state index in [4.69, 9.17) is 4.74 Å². The molecular weight excluding hydrogens is 208 g/mol. The van der Waals surface area contributed by atoms with E-state index >= 15 is 0 Å². The third-order valence-corrected chi connectivity index (χ3v) is 2.35. The number of carbonyl (C=O) groups excluding carboxylic acids is 2. The maximum atomic E-state index is 11.3. The zero-order chi connectivity index (χ0) is 12.1. The van der Waals surface area contributed by atoms with E-state index in [1.54, 1.807) is 25.1 Å². The minimum absolute atomic E-state index is 0.320. The molecule has 0 N–H and O–H groups in total. The predicted molar refractivity (Wildman–Crippen MR) is 58.8 cm³/mol. The van der Waals surface area contributed by atoms with Gasteiger partial charge < -0.3 is 14.3 Å². The molecule has 0 fully saturated rings. The van der Waals surface area contributed by atoms with Gasteiger partial charge in [0, 0.05) is 11.5 Å². The molecule has 1 atom stereocenters. The van der Waals surface area contributed by atoms with Crippen LogP contribution in [-0.2, 0) is 9.53 Å². The average molecular weight is 222 g/mol. The summed E-state index contributed by atoms with van der Waals surface area (Å²) >= 11 is 0. The molecule has 0 aliphatic heterocycles. The molecule has 0 saturated carbocycles. The lowest BCUT2D eigenvalue weighted by Crippen LogP contribution is -2.05. The first-order valence-corrected chi connectivity index (χ1v) is 4.85. The predicted octanol–water partition coefficient (Wildman–Crippen LogP) is 1.78. The van der Waals surface area contributed by atoms with Crippen molar-refractivity contribution in [2.24, 2.45) is 0 Å². The lowest BCUT2D eigenvalue weighted by molar-refractivity contribution is -0.108. The minimum Gasteiger partial charge on any atom is -0.496 e. The number of rotatable bonds is 4. The highest BCUT2D eigenvalue weighted by Crippen LogP contribution is 2.26. The average Bonchev–Trinajstić information content (AvgIpc) is 2.35. The van der Waals surface area contributed by atoms with Gasteiger partial charge in [-0.2, -0.15) is 0 Å². The third-order valence-electron chi connectivity index (χ3n) is 2.35. The Kier molecular flexibility index (Phi) is 4.05. The Morgan fingerprint density at radius 1 is 1.38 bits per heavy atom. The fourth-order valence-corrected chi connectivity index (χ4v) is 1.41. The summed E-state index contributed by atoms with van der Waals surface area (Å²) in [6, 6.07) is 4.87. The zero-order valence-electron chi connectivity index (χ0n) is 9.52. The van der Waals surface area contributed by atoms with Crippen molar-refractivity contribution in [3.8, 4) is 5.75 Å². The van der Waals surface area contributed by atoms with Crippen molar-refractivity contribution in [2.75, 3.05) is 14.2 Å². The lowest BCUT2D eigenvalue weighted by Gasteiger charge is -2.11. The van der Waals surface area contributed by atoms with Gasteiger partial charge in [0.05, 0.1) is 19.8 Å². The molecule has 0 heterocycles. The van der Waals surface area contributed by atoms with Gasteiger partial charge in [-0.1, -0.05) is 6.92 Å². The Hall–Kier alpha value is -1.84. The van der Waals surface area contributed by atoms with Crippen LogP contribution in [0.1, 0.15) is 28.8 Å².